The van der Waals surface area contributed by atoms with Crippen LogP contribution in [0.2, 0.25) is 0 Å². The lowest BCUT2D eigenvalue weighted by Gasteiger charge is -2.49. The molecule has 0 aliphatic carbocycles. The summed E-state index contributed by atoms with van der Waals surface area (Å²) in [5, 5.41) is 0. The summed E-state index contributed by atoms with van der Waals surface area (Å²) in [4.78, 5) is 13.9. The van der Waals surface area contributed by atoms with Crippen molar-refractivity contribution in [2.45, 2.75) is 51.6 Å². The van der Waals surface area contributed by atoms with E-state index in [9.17, 15) is 9.18 Å². The van der Waals surface area contributed by atoms with Gasteiger partial charge in [0.2, 0.25) is 0 Å². The first kappa shape index (κ1) is 14.8. The SMILES string of the molecule is COC(=O)[C@@H](C)N1c2cc(F)ccc2[C@@H](C)CC1(C)C. The molecule has 3 nitrogen and oxygen atoms in total. The van der Waals surface area contributed by atoms with Crippen LogP contribution < -0.4 is 4.90 Å². The van der Waals surface area contributed by atoms with Crippen LogP contribution in [0.25, 0.3) is 0 Å². The third kappa shape index (κ3) is 2.39. The van der Waals surface area contributed by atoms with Gasteiger partial charge in [0, 0.05) is 11.2 Å². The summed E-state index contributed by atoms with van der Waals surface area (Å²) in [5.41, 5.74) is 1.65. The van der Waals surface area contributed by atoms with Gasteiger partial charge in [0.1, 0.15) is 11.9 Å². The molecule has 0 unspecified atom stereocenters. The van der Waals surface area contributed by atoms with Gasteiger partial charge in [0.05, 0.1) is 7.11 Å². The molecule has 1 heterocycles. The second kappa shape index (κ2) is 5.08. The second-order valence-corrected chi connectivity index (χ2v) is 6.19. The zero-order chi connectivity index (χ0) is 15.1. The number of ether oxygens (including phenoxy) is 1. The molecule has 1 aromatic carbocycles. The summed E-state index contributed by atoms with van der Waals surface area (Å²) in [5.74, 6) is -0.250. The van der Waals surface area contributed by atoms with Crippen molar-refractivity contribution >= 4 is 11.7 Å². The average molecular weight is 279 g/mol. The molecule has 2 rings (SSSR count). The normalized spacial score (nSPS) is 22.1. The Balaban J connectivity index is 2.56. The Morgan fingerprint density at radius 1 is 1.50 bits per heavy atom. The highest BCUT2D eigenvalue weighted by Crippen LogP contribution is 2.44. The van der Waals surface area contributed by atoms with Crippen molar-refractivity contribution in [3.8, 4) is 0 Å². The molecule has 0 aromatic heterocycles. The Morgan fingerprint density at radius 3 is 2.75 bits per heavy atom. The highest BCUT2D eigenvalue weighted by molar-refractivity contribution is 5.81. The van der Waals surface area contributed by atoms with E-state index in [0.717, 1.165) is 17.7 Å². The molecule has 0 amide bonds. The molecular weight excluding hydrogens is 257 g/mol. The Labute approximate surface area is 119 Å². The summed E-state index contributed by atoms with van der Waals surface area (Å²) in [6.45, 7) is 8.10. The number of hydrogen-bond acceptors (Lipinski definition) is 3. The van der Waals surface area contributed by atoms with E-state index in [0.29, 0.717) is 5.92 Å². The first-order chi connectivity index (χ1) is 9.27. The molecule has 1 aliphatic rings. The van der Waals surface area contributed by atoms with Crippen molar-refractivity contribution in [1.29, 1.82) is 0 Å². The molecule has 1 aliphatic heterocycles. The highest BCUT2D eigenvalue weighted by atomic mass is 19.1. The van der Waals surface area contributed by atoms with Crippen LogP contribution in [0.4, 0.5) is 10.1 Å². The molecule has 20 heavy (non-hydrogen) atoms. The summed E-state index contributed by atoms with van der Waals surface area (Å²) < 4.78 is 18.5. The predicted molar refractivity (Wildman–Crippen MR) is 77.5 cm³/mol. The lowest BCUT2D eigenvalue weighted by Crippen LogP contribution is -2.55. The molecule has 0 saturated carbocycles. The maximum absolute atomic E-state index is 13.7. The number of anilines is 1. The van der Waals surface area contributed by atoms with Crippen LogP contribution in [0.15, 0.2) is 18.2 Å². The number of benzene rings is 1. The average Bonchev–Trinajstić information content (AvgIpc) is 2.35. The van der Waals surface area contributed by atoms with Crippen LogP contribution in [-0.4, -0.2) is 24.7 Å². The summed E-state index contributed by atoms with van der Waals surface area (Å²) in [7, 11) is 1.38. The predicted octanol–water partition coefficient (Wildman–Crippen LogP) is 3.48. The van der Waals surface area contributed by atoms with Crippen LogP contribution >= 0.6 is 0 Å². The van der Waals surface area contributed by atoms with Crippen molar-refractivity contribution in [2.75, 3.05) is 12.0 Å². The van der Waals surface area contributed by atoms with E-state index in [1.807, 2.05) is 11.0 Å². The molecule has 4 heteroatoms. The molecule has 0 spiro atoms. The van der Waals surface area contributed by atoms with E-state index < -0.39 is 6.04 Å². The minimum absolute atomic E-state index is 0.228. The highest BCUT2D eigenvalue weighted by Gasteiger charge is 2.41. The van der Waals surface area contributed by atoms with Gasteiger partial charge in [-0.15, -0.1) is 0 Å². The van der Waals surface area contributed by atoms with Crippen molar-refractivity contribution < 1.29 is 13.9 Å². The van der Waals surface area contributed by atoms with E-state index >= 15 is 0 Å². The quantitative estimate of drug-likeness (QED) is 0.776. The second-order valence-electron chi connectivity index (χ2n) is 6.19. The van der Waals surface area contributed by atoms with Gasteiger partial charge in [-0.05, 0) is 50.8 Å². The lowest BCUT2D eigenvalue weighted by atomic mass is 9.79. The standard InChI is InChI=1S/C16H22FNO2/c1-10-9-16(3,4)18(11(2)15(19)20-5)14-8-12(17)6-7-13(10)14/h6-8,10-11H,9H2,1-5H3/t10-,11+/m0/s1. The topological polar surface area (TPSA) is 29.5 Å². The molecule has 1 aromatic rings. The summed E-state index contributed by atoms with van der Waals surface area (Å²) >= 11 is 0. The molecule has 2 atom stereocenters. The maximum atomic E-state index is 13.7. The fraction of sp³-hybridized carbons (Fsp3) is 0.562. The number of hydrogen-bond donors (Lipinski definition) is 0. The Kier molecular flexibility index (Phi) is 3.76. The first-order valence-electron chi connectivity index (χ1n) is 6.94. The van der Waals surface area contributed by atoms with Crippen LogP contribution in [0.3, 0.4) is 0 Å². The lowest BCUT2D eigenvalue weighted by molar-refractivity contribution is -0.142. The Hall–Kier alpha value is -1.58. The zero-order valence-electron chi connectivity index (χ0n) is 12.7. The smallest absolute Gasteiger partial charge is 0.328 e. The first-order valence-corrected chi connectivity index (χ1v) is 6.94. The third-order valence-corrected chi connectivity index (χ3v) is 4.17. The van der Waals surface area contributed by atoms with E-state index in [1.165, 1.54) is 19.2 Å². The van der Waals surface area contributed by atoms with Crippen molar-refractivity contribution in [3.63, 3.8) is 0 Å². The van der Waals surface area contributed by atoms with Crippen LogP contribution in [0.1, 0.15) is 45.6 Å². The van der Waals surface area contributed by atoms with Crippen molar-refractivity contribution in [2.24, 2.45) is 0 Å². The number of halogens is 1. The Morgan fingerprint density at radius 2 is 2.15 bits per heavy atom. The van der Waals surface area contributed by atoms with Crippen LogP contribution in [0.5, 0.6) is 0 Å². The van der Waals surface area contributed by atoms with Gasteiger partial charge < -0.3 is 9.64 Å². The molecule has 0 radical (unpaired) electrons. The number of esters is 1. The van der Waals surface area contributed by atoms with Crippen molar-refractivity contribution in [1.82, 2.24) is 0 Å². The van der Waals surface area contributed by atoms with E-state index in [2.05, 4.69) is 20.8 Å². The van der Waals surface area contributed by atoms with Gasteiger partial charge in [-0.1, -0.05) is 13.0 Å². The number of nitrogens with zero attached hydrogens (tertiary/aromatic N) is 1. The van der Waals surface area contributed by atoms with Gasteiger partial charge in [-0.2, -0.15) is 0 Å². The van der Waals surface area contributed by atoms with Crippen LogP contribution in [0, 0.1) is 5.82 Å². The number of fused-ring (bicyclic) bond motifs is 1. The van der Waals surface area contributed by atoms with Gasteiger partial charge in [-0.25, -0.2) is 9.18 Å². The number of carbonyl (C=O) groups excluding carboxylic acids is 1. The fourth-order valence-corrected chi connectivity index (χ4v) is 3.43. The van der Waals surface area contributed by atoms with Gasteiger partial charge in [0.25, 0.3) is 0 Å². The maximum Gasteiger partial charge on any atom is 0.328 e. The van der Waals surface area contributed by atoms with Crippen molar-refractivity contribution in [3.05, 3.63) is 29.6 Å². The number of carbonyl (C=O) groups is 1. The fourth-order valence-electron chi connectivity index (χ4n) is 3.43. The minimum atomic E-state index is -0.442. The molecule has 110 valence electrons. The minimum Gasteiger partial charge on any atom is -0.467 e. The third-order valence-electron chi connectivity index (χ3n) is 4.17. The number of methoxy groups -OCH3 is 1. The largest absolute Gasteiger partial charge is 0.467 e. The molecule has 0 N–H and O–H groups in total. The molecule has 0 bridgehead atoms. The molecule has 0 saturated heterocycles. The molecule has 0 fully saturated rings. The Bertz CT molecular complexity index is 527. The van der Waals surface area contributed by atoms with Gasteiger partial charge in [0.15, 0.2) is 0 Å². The van der Waals surface area contributed by atoms with E-state index in [-0.39, 0.29) is 17.3 Å². The van der Waals surface area contributed by atoms with Gasteiger partial charge >= 0.3 is 5.97 Å². The van der Waals surface area contributed by atoms with E-state index in [4.69, 9.17) is 4.74 Å². The summed E-state index contributed by atoms with van der Waals surface area (Å²) in [6, 6.07) is 4.38. The zero-order valence-corrected chi connectivity index (χ0v) is 12.7. The monoisotopic (exact) mass is 279 g/mol. The van der Waals surface area contributed by atoms with Gasteiger partial charge in [-0.3, -0.25) is 0 Å². The van der Waals surface area contributed by atoms with Crippen LogP contribution in [-0.2, 0) is 9.53 Å². The van der Waals surface area contributed by atoms with E-state index in [1.54, 1.807) is 6.92 Å². The molecular formula is C16H22FNO2. The summed E-state index contributed by atoms with van der Waals surface area (Å²) in [6.07, 6.45) is 0.910. The number of rotatable bonds is 2.